The van der Waals surface area contributed by atoms with Crippen LogP contribution in [-0.4, -0.2) is 29.7 Å². The van der Waals surface area contributed by atoms with Gasteiger partial charge >= 0.3 is 0 Å². The fraction of sp³-hybridized carbons (Fsp3) is 0.455. The van der Waals surface area contributed by atoms with Crippen molar-refractivity contribution in [3.63, 3.8) is 0 Å². The Morgan fingerprint density at radius 2 is 1.85 bits per heavy atom. The first-order valence-corrected chi connectivity index (χ1v) is 9.42. The molecule has 0 saturated heterocycles. The molecule has 0 aliphatic carbocycles. The number of rotatable bonds is 6. The summed E-state index contributed by atoms with van der Waals surface area (Å²) < 4.78 is 46.9. The number of halogens is 1. The summed E-state index contributed by atoms with van der Waals surface area (Å²) in [7, 11) is -7.57. The van der Waals surface area contributed by atoms with Gasteiger partial charge in [-0.1, -0.05) is 30.3 Å². The van der Waals surface area contributed by atoms with E-state index >= 15 is 0 Å². The molecule has 0 amide bonds. The van der Waals surface area contributed by atoms with E-state index in [1.807, 2.05) is 18.7 Å². The minimum atomic E-state index is -4.04. The smallest absolute Gasteiger partial charge is 0.263 e. The minimum Gasteiger partial charge on any atom is -0.287 e. The summed E-state index contributed by atoms with van der Waals surface area (Å²) in [6, 6.07) is 3.46. The Bertz CT molecular complexity index is 683. The van der Waals surface area contributed by atoms with Crippen LogP contribution in [0.4, 0.5) is 0 Å². The van der Waals surface area contributed by atoms with E-state index in [1.165, 1.54) is 12.1 Å². The Morgan fingerprint density at radius 3 is 2.35 bits per heavy atom. The van der Waals surface area contributed by atoms with Gasteiger partial charge in [0, 0.05) is 6.26 Å². The lowest BCUT2D eigenvalue weighted by Gasteiger charge is -2.11. The van der Waals surface area contributed by atoms with Crippen LogP contribution in [0.1, 0.15) is 13.8 Å². The summed E-state index contributed by atoms with van der Waals surface area (Å²) in [6.07, 6.45) is 0.981. The third-order valence-electron chi connectivity index (χ3n) is 2.21. The second kappa shape index (κ2) is 6.40. The van der Waals surface area contributed by atoms with E-state index < -0.39 is 19.9 Å². The average Bonchev–Trinajstić information content (AvgIpc) is 2.26. The molecule has 6 nitrogen and oxygen atoms in total. The van der Waals surface area contributed by atoms with Gasteiger partial charge in [0.15, 0.2) is 9.84 Å². The van der Waals surface area contributed by atoms with Crippen LogP contribution in [-0.2, 0) is 24.7 Å². The summed E-state index contributed by atoms with van der Waals surface area (Å²) in [5, 5.41) is -0.0851. The molecule has 0 unspecified atom stereocenters. The van der Waals surface area contributed by atoms with Gasteiger partial charge in [0.2, 0.25) is 0 Å². The van der Waals surface area contributed by atoms with Gasteiger partial charge in [0.25, 0.3) is 10.0 Å². The molecule has 0 fully saturated rings. The first-order valence-electron chi connectivity index (χ1n) is 5.67. The van der Waals surface area contributed by atoms with Crippen molar-refractivity contribution in [3.05, 3.63) is 23.2 Å². The molecule has 0 saturated carbocycles. The Kier molecular flexibility index (Phi) is 5.56. The van der Waals surface area contributed by atoms with Crippen LogP contribution >= 0.6 is 11.6 Å². The lowest BCUT2D eigenvalue weighted by atomic mass is 10.2. The van der Waals surface area contributed by atoms with Crippen molar-refractivity contribution in [3.8, 4) is 0 Å². The van der Waals surface area contributed by atoms with E-state index in [2.05, 4.69) is 0 Å². The van der Waals surface area contributed by atoms with Crippen molar-refractivity contribution in [2.24, 2.45) is 5.92 Å². The standard InChI is InChI=1S/C11H16ClNO5S2/c1-8(2)7-18-13-20(16,17)11-6-9(19(3,14)15)4-5-10(11)12/h4-6,8,13H,7H2,1-3H3. The first kappa shape index (κ1) is 17.4. The quantitative estimate of drug-likeness (QED) is 0.794. The Labute approximate surface area is 124 Å². The molecule has 0 heterocycles. The molecule has 0 radical (unpaired) electrons. The zero-order valence-corrected chi connectivity index (χ0v) is 13.6. The minimum absolute atomic E-state index is 0.0851. The van der Waals surface area contributed by atoms with Crippen molar-refractivity contribution in [2.45, 2.75) is 23.6 Å². The van der Waals surface area contributed by atoms with Gasteiger partial charge in [-0.15, -0.1) is 0 Å². The van der Waals surface area contributed by atoms with E-state index in [9.17, 15) is 16.8 Å². The van der Waals surface area contributed by atoms with Crippen molar-refractivity contribution < 1.29 is 21.7 Å². The predicted octanol–water partition coefficient (Wildman–Crippen LogP) is 1.61. The maximum atomic E-state index is 12.0. The highest BCUT2D eigenvalue weighted by Gasteiger charge is 2.21. The highest BCUT2D eigenvalue weighted by Crippen LogP contribution is 2.24. The molecule has 0 aliphatic rings. The molecular weight excluding hydrogens is 326 g/mol. The van der Waals surface area contributed by atoms with Crippen LogP contribution in [0.3, 0.4) is 0 Å². The van der Waals surface area contributed by atoms with Gasteiger partial charge in [0.1, 0.15) is 4.90 Å². The van der Waals surface area contributed by atoms with E-state index in [0.29, 0.717) is 0 Å². The number of sulfonamides is 1. The summed E-state index contributed by atoms with van der Waals surface area (Å²) >= 11 is 5.80. The van der Waals surface area contributed by atoms with Crippen LogP contribution in [0, 0.1) is 5.92 Å². The summed E-state index contributed by atoms with van der Waals surface area (Å²) in [6.45, 7) is 3.89. The van der Waals surface area contributed by atoms with Crippen molar-refractivity contribution in [2.75, 3.05) is 12.9 Å². The highest BCUT2D eigenvalue weighted by molar-refractivity contribution is 7.91. The molecule has 0 atom stereocenters. The second-order valence-electron chi connectivity index (χ2n) is 4.66. The lowest BCUT2D eigenvalue weighted by Crippen LogP contribution is -2.26. The zero-order valence-electron chi connectivity index (χ0n) is 11.3. The monoisotopic (exact) mass is 341 g/mol. The first-order chi connectivity index (χ1) is 9.04. The number of nitrogens with one attached hydrogen (secondary N) is 1. The molecule has 1 rings (SSSR count). The molecule has 1 aromatic carbocycles. The Balaban J connectivity index is 3.12. The maximum absolute atomic E-state index is 12.0. The van der Waals surface area contributed by atoms with Crippen molar-refractivity contribution >= 4 is 31.5 Å². The predicted molar refractivity (Wildman–Crippen MR) is 75.7 cm³/mol. The van der Waals surface area contributed by atoms with Crippen LogP contribution < -0.4 is 4.89 Å². The van der Waals surface area contributed by atoms with Crippen molar-refractivity contribution in [1.82, 2.24) is 4.89 Å². The topological polar surface area (TPSA) is 89.5 Å². The summed E-state index contributed by atoms with van der Waals surface area (Å²) in [4.78, 5) is 6.29. The summed E-state index contributed by atoms with van der Waals surface area (Å²) in [5.41, 5.74) is 0. The van der Waals surface area contributed by atoms with Crippen molar-refractivity contribution in [1.29, 1.82) is 0 Å². The molecule has 0 aliphatic heterocycles. The zero-order chi connectivity index (χ0) is 15.6. The van der Waals surface area contributed by atoms with Crippen LogP contribution in [0.5, 0.6) is 0 Å². The fourth-order valence-corrected chi connectivity index (χ4v) is 3.31. The SMILES string of the molecule is CC(C)CONS(=O)(=O)c1cc(S(C)(=O)=O)ccc1Cl. The van der Waals surface area contributed by atoms with Gasteiger partial charge in [-0.3, -0.25) is 4.84 Å². The third-order valence-corrected chi connectivity index (χ3v) is 5.01. The molecular formula is C11H16ClNO5S2. The van der Waals surface area contributed by atoms with Gasteiger partial charge in [0.05, 0.1) is 16.5 Å². The average molecular weight is 342 g/mol. The molecule has 114 valence electrons. The molecule has 0 bridgehead atoms. The van der Waals surface area contributed by atoms with E-state index in [0.717, 1.165) is 12.3 Å². The van der Waals surface area contributed by atoms with E-state index in [4.69, 9.17) is 16.4 Å². The number of benzene rings is 1. The molecule has 9 heteroatoms. The maximum Gasteiger partial charge on any atom is 0.263 e. The third kappa shape index (κ3) is 4.71. The Morgan fingerprint density at radius 1 is 1.25 bits per heavy atom. The van der Waals surface area contributed by atoms with Gasteiger partial charge in [-0.05, 0) is 24.1 Å². The second-order valence-corrected chi connectivity index (χ2v) is 8.69. The number of sulfone groups is 1. The lowest BCUT2D eigenvalue weighted by molar-refractivity contribution is 0.0718. The van der Waals surface area contributed by atoms with Crippen LogP contribution in [0.15, 0.2) is 28.0 Å². The van der Waals surface area contributed by atoms with Crippen LogP contribution in [0.2, 0.25) is 5.02 Å². The van der Waals surface area contributed by atoms with Gasteiger partial charge < -0.3 is 0 Å². The highest BCUT2D eigenvalue weighted by atomic mass is 35.5. The largest absolute Gasteiger partial charge is 0.287 e. The van der Waals surface area contributed by atoms with E-state index in [1.54, 1.807) is 0 Å². The number of hydrogen-bond donors (Lipinski definition) is 1. The fourth-order valence-electron chi connectivity index (χ4n) is 1.24. The normalized spacial score (nSPS) is 12.8. The molecule has 20 heavy (non-hydrogen) atoms. The number of hydrogen-bond acceptors (Lipinski definition) is 5. The Hall–Kier alpha value is -0.670. The molecule has 1 N–H and O–H groups in total. The molecule has 0 aromatic heterocycles. The summed E-state index contributed by atoms with van der Waals surface area (Å²) in [5.74, 6) is 0.135. The van der Waals surface area contributed by atoms with Gasteiger partial charge in [-0.25, -0.2) is 16.8 Å². The van der Waals surface area contributed by atoms with E-state index in [-0.39, 0.29) is 27.3 Å². The molecule has 0 spiro atoms. The van der Waals surface area contributed by atoms with Gasteiger partial charge in [-0.2, -0.15) is 0 Å². The van der Waals surface area contributed by atoms with Crippen LogP contribution in [0.25, 0.3) is 0 Å². The molecule has 1 aromatic rings.